The van der Waals surface area contributed by atoms with Gasteiger partial charge in [0.05, 0.1) is 0 Å². The van der Waals surface area contributed by atoms with Crippen LogP contribution in [0.5, 0.6) is 0 Å². The van der Waals surface area contributed by atoms with E-state index in [1.54, 1.807) is 0 Å². The van der Waals surface area contributed by atoms with Crippen LogP contribution in [-0.4, -0.2) is 15.5 Å². The average molecular weight is 184 g/mol. The van der Waals surface area contributed by atoms with Crippen LogP contribution in [0.4, 0.5) is 0 Å². The summed E-state index contributed by atoms with van der Waals surface area (Å²) < 4.78 is 10.3. The summed E-state index contributed by atoms with van der Waals surface area (Å²) in [5, 5.41) is 0. The third-order valence-electron chi connectivity index (χ3n) is 1.01. The highest BCUT2D eigenvalue weighted by Crippen LogP contribution is 2.50. The SMILES string of the molecule is CCCCCSP(=O)(O)O. The summed E-state index contributed by atoms with van der Waals surface area (Å²) in [5.74, 6) is 0.568. The van der Waals surface area contributed by atoms with Crippen LogP contribution in [0, 0.1) is 0 Å². The summed E-state index contributed by atoms with van der Waals surface area (Å²) in [5.41, 5.74) is 0. The second kappa shape index (κ2) is 5.19. The Kier molecular flexibility index (Phi) is 5.45. The van der Waals surface area contributed by atoms with E-state index in [0.29, 0.717) is 5.75 Å². The lowest BCUT2D eigenvalue weighted by Crippen LogP contribution is -1.79. The zero-order valence-corrected chi connectivity index (χ0v) is 7.70. The molecular weight excluding hydrogens is 171 g/mol. The lowest BCUT2D eigenvalue weighted by atomic mass is 10.3. The molecule has 0 amide bonds. The molecule has 0 atom stereocenters. The van der Waals surface area contributed by atoms with E-state index in [9.17, 15) is 4.57 Å². The van der Waals surface area contributed by atoms with Crippen molar-refractivity contribution in [3.63, 3.8) is 0 Å². The number of hydrogen-bond acceptors (Lipinski definition) is 2. The van der Waals surface area contributed by atoms with Gasteiger partial charge in [-0.25, -0.2) is 4.57 Å². The van der Waals surface area contributed by atoms with Crippen LogP contribution >= 0.6 is 18.2 Å². The first-order chi connectivity index (χ1) is 4.56. The van der Waals surface area contributed by atoms with Crippen molar-refractivity contribution in [1.82, 2.24) is 0 Å². The molecule has 2 N–H and O–H groups in total. The van der Waals surface area contributed by atoms with Gasteiger partial charge in [-0.1, -0.05) is 19.8 Å². The van der Waals surface area contributed by atoms with Crippen molar-refractivity contribution in [2.24, 2.45) is 0 Å². The molecule has 5 heteroatoms. The van der Waals surface area contributed by atoms with Gasteiger partial charge >= 0.3 is 6.80 Å². The fourth-order valence-electron chi connectivity index (χ4n) is 0.536. The molecule has 0 rings (SSSR count). The van der Waals surface area contributed by atoms with Gasteiger partial charge in [-0.2, -0.15) is 0 Å². The number of unbranched alkanes of at least 4 members (excludes halogenated alkanes) is 2. The molecule has 10 heavy (non-hydrogen) atoms. The minimum Gasteiger partial charge on any atom is -0.317 e. The van der Waals surface area contributed by atoms with Crippen LogP contribution in [0.1, 0.15) is 26.2 Å². The van der Waals surface area contributed by atoms with Gasteiger partial charge in [0, 0.05) is 5.75 Å². The Morgan fingerprint density at radius 2 is 2.00 bits per heavy atom. The van der Waals surface area contributed by atoms with E-state index < -0.39 is 6.80 Å². The summed E-state index contributed by atoms with van der Waals surface area (Å²) >= 11 is 0.740. The minimum absolute atomic E-state index is 0.568. The smallest absolute Gasteiger partial charge is 0.317 e. The van der Waals surface area contributed by atoms with E-state index in [4.69, 9.17) is 9.79 Å². The second-order valence-electron chi connectivity index (χ2n) is 2.03. The van der Waals surface area contributed by atoms with E-state index in [1.807, 2.05) is 0 Å². The molecule has 0 saturated carbocycles. The third-order valence-corrected chi connectivity index (χ3v) is 3.37. The zero-order chi connectivity index (χ0) is 8.04. The molecule has 62 valence electrons. The third kappa shape index (κ3) is 8.50. The first kappa shape index (κ1) is 10.5. The summed E-state index contributed by atoms with van der Waals surface area (Å²) in [6.07, 6.45) is 3.03. The molecule has 0 aliphatic heterocycles. The van der Waals surface area contributed by atoms with Crippen molar-refractivity contribution >= 4 is 18.2 Å². The van der Waals surface area contributed by atoms with Gasteiger partial charge in [-0.3, -0.25) is 0 Å². The zero-order valence-electron chi connectivity index (χ0n) is 5.99. The molecule has 0 radical (unpaired) electrons. The Morgan fingerprint density at radius 1 is 1.40 bits per heavy atom. The fourth-order valence-corrected chi connectivity index (χ4v) is 2.21. The molecule has 0 aliphatic carbocycles. The van der Waals surface area contributed by atoms with Crippen LogP contribution in [0.2, 0.25) is 0 Å². The maximum atomic E-state index is 10.3. The van der Waals surface area contributed by atoms with Crippen molar-refractivity contribution in [3.05, 3.63) is 0 Å². The van der Waals surface area contributed by atoms with E-state index in [1.165, 1.54) is 0 Å². The highest BCUT2D eigenvalue weighted by atomic mass is 32.7. The Balaban J connectivity index is 3.13. The first-order valence-electron chi connectivity index (χ1n) is 3.26. The maximum Gasteiger partial charge on any atom is 0.383 e. The molecule has 0 heterocycles. The van der Waals surface area contributed by atoms with Crippen LogP contribution in [0.25, 0.3) is 0 Å². The highest BCUT2D eigenvalue weighted by Gasteiger charge is 2.11. The normalized spacial score (nSPS) is 11.9. The molecule has 0 bridgehead atoms. The molecule has 0 aromatic rings. The van der Waals surface area contributed by atoms with Crippen LogP contribution in [0.3, 0.4) is 0 Å². The van der Waals surface area contributed by atoms with Gasteiger partial charge < -0.3 is 9.79 Å². The lowest BCUT2D eigenvalue weighted by molar-refractivity contribution is 0.397. The molecule has 0 aromatic heterocycles. The molecule has 0 saturated heterocycles. The van der Waals surface area contributed by atoms with Crippen molar-refractivity contribution in [3.8, 4) is 0 Å². The van der Waals surface area contributed by atoms with E-state index >= 15 is 0 Å². The summed E-state index contributed by atoms with van der Waals surface area (Å²) in [6, 6.07) is 0. The van der Waals surface area contributed by atoms with Gasteiger partial charge in [-0.15, -0.1) is 0 Å². The largest absolute Gasteiger partial charge is 0.383 e. The topological polar surface area (TPSA) is 57.5 Å². The summed E-state index contributed by atoms with van der Waals surface area (Å²) in [7, 11) is 0. The lowest BCUT2D eigenvalue weighted by Gasteiger charge is -2.00. The molecule has 0 fully saturated rings. The monoisotopic (exact) mass is 184 g/mol. The highest BCUT2D eigenvalue weighted by molar-refractivity contribution is 8.54. The van der Waals surface area contributed by atoms with E-state index in [0.717, 1.165) is 30.6 Å². The minimum atomic E-state index is -3.79. The van der Waals surface area contributed by atoms with Gasteiger partial charge in [-0.05, 0) is 17.8 Å². The van der Waals surface area contributed by atoms with Gasteiger partial charge in [0.2, 0.25) is 0 Å². The molecule has 0 spiro atoms. The van der Waals surface area contributed by atoms with Crippen molar-refractivity contribution in [2.75, 3.05) is 5.75 Å². The summed E-state index contributed by atoms with van der Waals surface area (Å²) in [4.78, 5) is 16.8. The van der Waals surface area contributed by atoms with Crippen molar-refractivity contribution in [2.45, 2.75) is 26.2 Å². The fraction of sp³-hybridized carbons (Fsp3) is 1.00. The molecule has 0 aromatic carbocycles. The van der Waals surface area contributed by atoms with Gasteiger partial charge in [0.15, 0.2) is 0 Å². The standard InChI is InChI=1S/C5H13O3PS/c1-2-3-4-5-10-9(6,7)8/h2-5H2,1H3,(H2,6,7,8). The Labute approximate surface area is 65.1 Å². The Morgan fingerprint density at radius 3 is 2.40 bits per heavy atom. The van der Waals surface area contributed by atoms with Crippen molar-refractivity contribution in [1.29, 1.82) is 0 Å². The number of hydrogen-bond donors (Lipinski definition) is 2. The Bertz CT molecular complexity index is 122. The Hall–Kier alpha value is 0.500. The first-order valence-corrected chi connectivity index (χ1v) is 6.46. The van der Waals surface area contributed by atoms with Crippen molar-refractivity contribution < 1.29 is 14.4 Å². The predicted octanol–water partition coefficient (Wildman–Crippen LogP) is 2.00. The molecule has 0 aliphatic rings. The average Bonchev–Trinajstić information content (AvgIpc) is 1.78. The van der Waals surface area contributed by atoms with Crippen LogP contribution in [0.15, 0.2) is 0 Å². The van der Waals surface area contributed by atoms with E-state index in [-0.39, 0.29) is 0 Å². The predicted molar refractivity (Wildman–Crippen MR) is 44.0 cm³/mol. The molecular formula is C5H13O3PS. The molecule has 0 unspecified atom stereocenters. The molecule has 3 nitrogen and oxygen atoms in total. The van der Waals surface area contributed by atoms with Gasteiger partial charge in [0.1, 0.15) is 0 Å². The van der Waals surface area contributed by atoms with Crippen LogP contribution in [-0.2, 0) is 4.57 Å². The maximum absolute atomic E-state index is 10.3. The van der Waals surface area contributed by atoms with E-state index in [2.05, 4.69) is 6.92 Å². The van der Waals surface area contributed by atoms with Gasteiger partial charge in [0.25, 0.3) is 0 Å². The summed E-state index contributed by atoms with van der Waals surface area (Å²) in [6.45, 7) is -1.73. The number of rotatable bonds is 5. The quantitative estimate of drug-likeness (QED) is 0.506. The van der Waals surface area contributed by atoms with Crippen LogP contribution < -0.4 is 0 Å². The second-order valence-corrected chi connectivity index (χ2v) is 5.88.